The Balaban J connectivity index is 1.87. The van der Waals surface area contributed by atoms with Gasteiger partial charge in [-0.1, -0.05) is 30.3 Å². The molecule has 0 spiro atoms. The van der Waals surface area contributed by atoms with Crippen LogP contribution in [0.3, 0.4) is 0 Å². The molecule has 18 heavy (non-hydrogen) atoms. The molecule has 1 aromatic carbocycles. The normalized spacial score (nSPS) is 28.2. The van der Waals surface area contributed by atoms with E-state index in [0.717, 1.165) is 18.4 Å². The van der Waals surface area contributed by atoms with Gasteiger partial charge in [0.15, 0.2) is 0 Å². The number of benzene rings is 1. The molecule has 1 saturated heterocycles. The summed E-state index contributed by atoms with van der Waals surface area (Å²) >= 11 is 0. The van der Waals surface area contributed by atoms with Crippen molar-refractivity contribution in [1.29, 1.82) is 0 Å². The topological polar surface area (TPSA) is 53.7 Å². The highest BCUT2D eigenvalue weighted by Crippen LogP contribution is 2.25. The Bertz CT molecular complexity index is 357. The first-order valence-corrected chi connectivity index (χ1v) is 6.33. The number of nitrogens with two attached hydrogens (primary N) is 1. The molecule has 0 bridgehead atoms. The van der Waals surface area contributed by atoms with Crippen molar-refractivity contribution in [2.45, 2.75) is 31.3 Å². The summed E-state index contributed by atoms with van der Waals surface area (Å²) in [5, 5.41) is 0. The van der Waals surface area contributed by atoms with E-state index in [2.05, 4.69) is 0 Å². The van der Waals surface area contributed by atoms with E-state index < -0.39 is 5.79 Å². The molecule has 1 aliphatic heterocycles. The second-order valence-electron chi connectivity index (χ2n) is 4.59. The SMILES string of the molecule is COC1(COCc2ccccc2)OCCCC1N. The molecule has 1 fully saturated rings. The Morgan fingerprint density at radius 3 is 2.83 bits per heavy atom. The van der Waals surface area contributed by atoms with Crippen molar-refractivity contribution in [3.05, 3.63) is 35.9 Å². The third-order valence-electron chi connectivity index (χ3n) is 3.33. The van der Waals surface area contributed by atoms with Gasteiger partial charge in [0.2, 0.25) is 5.79 Å². The molecule has 4 heteroatoms. The quantitative estimate of drug-likeness (QED) is 0.865. The van der Waals surface area contributed by atoms with E-state index in [1.165, 1.54) is 0 Å². The van der Waals surface area contributed by atoms with Crippen LogP contribution in [0, 0.1) is 0 Å². The third-order valence-corrected chi connectivity index (χ3v) is 3.33. The molecule has 0 aliphatic carbocycles. The maximum atomic E-state index is 6.07. The van der Waals surface area contributed by atoms with Crippen LogP contribution in [-0.4, -0.2) is 32.2 Å². The van der Waals surface area contributed by atoms with Gasteiger partial charge >= 0.3 is 0 Å². The van der Waals surface area contributed by atoms with Crippen LogP contribution in [0.1, 0.15) is 18.4 Å². The van der Waals surface area contributed by atoms with Crippen LogP contribution >= 0.6 is 0 Å². The Morgan fingerprint density at radius 1 is 1.39 bits per heavy atom. The van der Waals surface area contributed by atoms with E-state index in [9.17, 15) is 0 Å². The zero-order chi connectivity index (χ0) is 12.8. The largest absolute Gasteiger partial charge is 0.371 e. The number of hydrogen-bond donors (Lipinski definition) is 1. The summed E-state index contributed by atoms with van der Waals surface area (Å²) in [5.41, 5.74) is 7.21. The van der Waals surface area contributed by atoms with Crippen LogP contribution in [-0.2, 0) is 20.8 Å². The number of hydrogen-bond acceptors (Lipinski definition) is 4. The summed E-state index contributed by atoms with van der Waals surface area (Å²) in [6, 6.07) is 9.90. The van der Waals surface area contributed by atoms with Crippen molar-refractivity contribution < 1.29 is 14.2 Å². The molecular formula is C14H21NO3. The van der Waals surface area contributed by atoms with Crippen LogP contribution in [0.25, 0.3) is 0 Å². The van der Waals surface area contributed by atoms with E-state index >= 15 is 0 Å². The summed E-state index contributed by atoms with van der Waals surface area (Å²) in [4.78, 5) is 0. The van der Waals surface area contributed by atoms with E-state index in [1.54, 1.807) is 7.11 Å². The highest BCUT2D eigenvalue weighted by atomic mass is 16.7. The average Bonchev–Trinajstić information content (AvgIpc) is 2.42. The Labute approximate surface area is 108 Å². The molecule has 100 valence electrons. The summed E-state index contributed by atoms with van der Waals surface area (Å²) in [6.45, 7) is 1.58. The van der Waals surface area contributed by atoms with E-state index in [0.29, 0.717) is 19.8 Å². The molecule has 1 aromatic rings. The van der Waals surface area contributed by atoms with Gasteiger partial charge < -0.3 is 19.9 Å². The van der Waals surface area contributed by atoms with Crippen LogP contribution in [0.5, 0.6) is 0 Å². The van der Waals surface area contributed by atoms with Gasteiger partial charge in [-0.15, -0.1) is 0 Å². The fourth-order valence-corrected chi connectivity index (χ4v) is 2.18. The van der Waals surface area contributed by atoms with Crippen molar-refractivity contribution in [2.75, 3.05) is 20.3 Å². The van der Waals surface area contributed by atoms with Gasteiger partial charge in [-0.2, -0.15) is 0 Å². The lowest BCUT2D eigenvalue weighted by Gasteiger charge is -2.40. The number of rotatable bonds is 5. The zero-order valence-electron chi connectivity index (χ0n) is 10.8. The average molecular weight is 251 g/mol. The fourth-order valence-electron chi connectivity index (χ4n) is 2.18. The molecule has 0 aromatic heterocycles. The zero-order valence-corrected chi connectivity index (χ0v) is 10.8. The number of methoxy groups -OCH3 is 1. The smallest absolute Gasteiger partial charge is 0.207 e. The standard InChI is InChI=1S/C14H21NO3/c1-16-14(13(15)8-5-9-18-14)11-17-10-12-6-3-2-4-7-12/h2-4,6-7,13H,5,8-11,15H2,1H3. The molecular weight excluding hydrogens is 230 g/mol. The maximum absolute atomic E-state index is 6.07. The predicted molar refractivity (Wildman–Crippen MR) is 69.0 cm³/mol. The second-order valence-corrected chi connectivity index (χ2v) is 4.59. The summed E-state index contributed by atoms with van der Waals surface area (Å²) < 4.78 is 16.8. The molecule has 2 rings (SSSR count). The van der Waals surface area contributed by atoms with Crippen molar-refractivity contribution in [3.63, 3.8) is 0 Å². The second kappa shape index (κ2) is 6.29. The first-order chi connectivity index (χ1) is 8.77. The predicted octanol–water partition coefficient (Wildman–Crippen LogP) is 1.68. The lowest BCUT2D eigenvalue weighted by atomic mass is 10.0. The Morgan fingerprint density at radius 2 is 2.17 bits per heavy atom. The molecule has 0 amide bonds. The van der Waals surface area contributed by atoms with Crippen molar-refractivity contribution in [1.82, 2.24) is 0 Å². The minimum absolute atomic E-state index is 0.132. The molecule has 0 saturated carbocycles. The van der Waals surface area contributed by atoms with Crippen molar-refractivity contribution in [3.8, 4) is 0 Å². The molecule has 2 N–H and O–H groups in total. The molecule has 2 atom stereocenters. The summed E-state index contributed by atoms with van der Waals surface area (Å²) in [6.07, 6.45) is 1.88. The van der Waals surface area contributed by atoms with Crippen LogP contribution in [0.2, 0.25) is 0 Å². The summed E-state index contributed by atoms with van der Waals surface area (Å²) in [5.74, 6) is -0.785. The van der Waals surface area contributed by atoms with E-state index in [4.69, 9.17) is 19.9 Å². The molecule has 0 radical (unpaired) electrons. The van der Waals surface area contributed by atoms with Gasteiger partial charge in [0, 0.05) is 7.11 Å². The monoisotopic (exact) mass is 251 g/mol. The molecule has 1 heterocycles. The van der Waals surface area contributed by atoms with Gasteiger partial charge in [-0.3, -0.25) is 0 Å². The van der Waals surface area contributed by atoms with Crippen molar-refractivity contribution >= 4 is 0 Å². The lowest BCUT2D eigenvalue weighted by molar-refractivity contribution is -0.275. The van der Waals surface area contributed by atoms with Gasteiger partial charge in [-0.25, -0.2) is 0 Å². The number of ether oxygens (including phenoxy) is 3. The molecule has 2 unspecified atom stereocenters. The molecule has 1 aliphatic rings. The fraction of sp³-hybridized carbons (Fsp3) is 0.571. The molecule has 4 nitrogen and oxygen atoms in total. The van der Waals surface area contributed by atoms with E-state index in [1.807, 2.05) is 30.3 Å². The van der Waals surface area contributed by atoms with Gasteiger partial charge in [0.05, 0.1) is 19.3 Å². The van der Waals surface area contributed by atoms with Gasteiger partial charge in [-0.05, 0) is 18.4 Å². The van der Waals surface area contributed by atoms with Crippen LogP contribution < -0.4 is 5.73 Å². The van der Waals surface area contributed by atoms with Crippen molar-refractivity contribution in [2.24, 2.45) is 5.73 Å². The highest BCUT2D eigenvalue weighted by molar-refractivity contribution is 5.13. The van der Waals surface area contributed by atoms with Gasteiger partial charge in [0.25, 0.3) is 0 Å². The minimum atomic E-state index is -0.785. The Hall–Kier alpha value is -0.940. The van der Waals surface area contributed by atoms with Crippen LogP contribution in [0.15, 0.2) is 30.3 Å². The lowest BCUT2D eigenvalue weighted by Crippen LogP contribution is -2.57. The third kappa shape index (κ3) is 3.09. The van der Waals surface area contributed by atoms with Gasteiger partial charge in [0.1, 0.15) is 6.61 Å². The summed E-state index contributed by atoms with van der Waals surface area (Å²) in [7, 11) is 1.62. The first-order valence-electron chi connectivity index (χ1n) is 6.33. The Kier molecular flexibility index (Phi) is 4.72. The highest BCUT2D eigenvalue weighted by Gasteiger charge is 2.40. The van der Waals surface area contributed by atoms with Crippen LogP contribution in [0.4, 0.5) is 0 Å². The minimum Gasteiger partial charge on any atom is -0.371 e. The maximum Gasteiger partial charge on any atom is 0.207 e. The first kappa shape index (κ1) is 13.5. The van der Waals surface area contributed by atoms with E-state index in [-0.39, 0.29) is 6.04 Å².